The van der Waals surface area contributed by atoms with Gasteiger partial charge in [0.15, 0.2) is 0 Å². The molecule has 0 heterocycles. The molecule has 0 fully saturated rings. The fourth-order valence-corrected chi connectivity index (χ4v) is 5.03. The highest BCUT2D eigenvalue weighted by Gasteiger charge is 2.37. The maximum Gasteiger partial charge on any atom is 0.408 e. The molecule has 2 atom stereocenters. The van der Waals surface area contributed by atoms with Crippen molar-refractivity contribution in [2.45, 2.75) is 91.8 Å². The SMILES string of the molecule is CCCCCN(C(=O)C(Cc1ccccc1)NC(=O)OC(C)(C)C)C(C(=O)Nc1ccccc1C)c1cccc(C)c1C. The standard InChI is InChI=1S/C36H47N3O4/c1-8-9-15-23-39(34(41)31(24-28-19-11-10-12-20-28)38-35(42)43-36(5,6)7)32(29-21-16-18-25(2)27(29)4)33(40)37-30-22-14-13-17-26(30)3/h10-14,16-22,31-32H,8-9,15,23-24H2,1-7H3,(H,37,40)(H,38,42). The van der Waals surface area contributed by atoms with Crippen LogP contribution in [0.5, 0.6) is 0 Å². The lowest BCUT2D eigenvalue weighted by Crippen LogP contribution is -2.53. The van der Waals surface area contributed by atoms with Crippen molar-refractivity contribution in [3.8, 4) is 0 Å². The number of amides is 3. The van der Waals surface area contributed by atoms with Crippen molar-refractivity contribution in [2.75, 3.05) is 11.9 Å². The predicted molar refractivity (Wildman–Crippen MR) is 173 cm³/mol. The highest BCUT2D eigenvalue weighted by molar-refractivity contribution is 5.99. The molecule has 0 aliphatic heterocycles. The van der Waals surface area contributed by atoms with Gasteiger partial charge in [-0.1, -0.05) is 86.5 Å². The zero-order valence-electron chi connectivity index (χ0n) is 26.7. The van der Waals surface area contributed by atoms with E-state index in [1.165, 1.54) is 0 Å². The van der Waals surface area contributed by atoms with Gasteiger partial charge < -0.3 is 20.3 Å². The second-order valence-electron chi connectivity index (χ2n) is 12.1. The summed E-state index contributed by atoms with van der Waals surface area (Å²) in [7, 11) is 0. The third-order valence-electron chi connectivity index (χ3n) is 7.46. The van der Waals surface area contributed by atoms with Crippen LogP contribution in [0.4, 0.5) is 10.5 Å². The summed E-state index contributed by atoms with van der Waals surface area (Å²) in [6.07, 6.45) is 2.14. The first-order chi connectivity index (χ1) is 20.4. The molecule has 0 spiro atoms. The molecule has 0 aliphatic carbocycles. The first-order valence-electron chi connectivity index (χ1n) is 15.2. The number of unbranched alkanes of at least 4 members (excludes halogenated alkanes) is 2. The Morgan fingerprint density at radius 1 is 0.837 bits per heavy atom. The van der Waals surface area contributed by atoms with E-state index in [-0.39, 0.29) is 18.2 Å². The summed E-state index contributed by atoms with van der Waals surface area (Å²) >= 11 is 0. The van der Waals surface area contributed by atoms with Crippen molar-refractivity contribution in [2.24, 2.45) is 0 Å². The molecule has 3 aromatic carbocycles. The van der Waals surface area contributed by atoms with E-state index in [0.29, 0.717) is 18.7 Å². The van der Waals surface area contributed by atoms with E-state index in [2.05, 4.69) is 17.6 Å². The molecule has 230 valence electrons. The summed E-state index contributed by atoms with van der Waals surface area (Å²) in [5.74, 6) is -0.639. The van der Waals surface area contributed by atoms with Gasteiger partial charge in [0.1, 0.15) is 17.7 Å². The molecule has 0 saturated carbocycles. The van der Waals surface area contributed by atoms with Crippen LogP contribution in [-0.2, 0) is 20.7 Å². The third-order valence-corrected chi connectivity index (χ3v) is 7.46. The number of nitrogens with zero attached hydrogens (tertiary/aromatic N) is 1. The van der Waals surface area contributed by atoms with Crippen molar-refractivity contribution in [1.82, 2.24) is 10.2 Å². The zero-order valence-corrected chi connectivity index (χ0v) is 26.7. The summed E-state index contributed by atoms with van der Waals surface area (Å²) in [4.78, 5) is 43.6. The van der Waals surface area contributed by atoms with Gasteiger partial charge in [0.2, 0.25) is 5.91 Å². The Balaban J connectivity index is 2.11. The molecule has 0 aromatic heterocycles. The van der Waals surface area contributed by atoms with Crippen LogP contribution in [0.3, 0.4) is 0 Å². The molecule has 0 bridgehead atoms. The topological polar surface area (TPSA) is 87.7 Å². The quantitative estimate of drug-likeness (QED) is 0.216. The third kappa shape index (κ3) is 9.70. The number of hydrogen-bond acceptors (Lipinski definition) is 4. The Kier molecular flexibility index (Phi) is 11.9. The highest BCUT2D eigenvalue weighted by atomic mass is 16.6. The van der Waals surface area contributed by atoms with Gasteiger partial charge in [0.05, 0.1) is 0 Å². The van der Waals surface area contributed by atoms with Crippen LogP contribution < -0.4 is 10.6 Å². The van der Waals surface area contributed by atoms with Crippen molar-refractivity contribution in [1.29, 1.82) is 0 Å². The second-order valence-corrected chi connectivity index (χ2v) is 12.1. The first-order valence-corrected chi connectivity index (χ1v) is 15.2. The molecule has 3 aromatic rings. The molecule has 0 aliphatic rings. The largest absolute Gasteiger partial charge is 0.444 e. The number of benzene rings is 3. The number of aryl methyl sites for hydroxylation is 2. The molecule has 0 saturated heterocycles. The Morgan fingerprint density at radius 3 is 2.14 bits per heavy atom. The molecule has 7 heteroatoms. The lowest BCUT2D eigenvalue weighted by molar-refractivity contribution is -0.140. The number of anilines is 1. The predicted octanol–water partition coefficient (Wildman–Crippen LogP) is 7.45. The number of carbonyl (C=O) groups is 3. The first kappa shape index (κ1) is 33.4. The summed E-state index contributed by atoms with van der Waals surface area (Å²) in [5.41, 5.74) is 4.49. The molecule has 2 unspecified atom stereocenters. The lowest BCUT2D eigenvalue weighted by Gasteiger charge is -2.35. The number of ether oxygens (including phenoxy) is 1. The molecule has 2 N–H and O–H groups in total. The average molecular weight is 586 g/mol. The number of carbonyl (C=O) groups excluding carboxylic acids is 3. The van der Waals surface area contributed by atoms with Gasteiger partial charge in [-0.2, -0.15) is 0 Å². The number of nitrogens with one attached hydrogen (secondary N) is 2. The Morgan fingerprint density at radius 2 is 1.49 bits per heavy atom. The van der Waals surface area contributed by atoms with Crippen LogP contribution in [0.25, 0.3) is 0 Å². The van der Waals surface area contributed by atoms with E-state index in [4.69, 9.17) is 4.74 Å². The van der Waals surface area contributed by atoms with Crippen molar-refractivity contribution >= 4 is 23.6 Å². The molecule has 0 radical (unpaired) electrons. The molecule has 3 rings (SSSR count). The van der Waals surface area contributed by atoms with E-state index in [1.54, 1.807) is 25.7 Å². The van der Waals surface area contributed by atoms with Crippen LogP contribution in [0.1, 0.15) is 80.8 Å². The van der Waals surface area contributed by atoms with Gasteiger partial charge in [-0.05, 0) is 81.8 Å². The van der Waals surface area contributed by atoms with Crippen LogP contribution in [0.15, 0.2) is 72.8 Å². The molecular weight excluding hydrogens is 538 g/mol. The molecule has 43 heavy (non-hydrogen) atoms. The van der Waals surface area contributed by atoms with Crippen LogP contribution in [0, 0.1) is 20.8 Å². The molecule has 7 nitrogen and oxygen atoms in total. The minimum absolute atomic E-state index is 0.252. The Hall–Kier alpha value is -4.13. The number of para-hydroxylation sites is 1. The Labute approximate surface area is 257 Å². The van der Waals surface area contributed by atoms with Crippen molar-refractivity contribution in [3.05, 3.63) is 101 Å². The van der Waals surface area contributed by atoms with Crippen molar-refractivity contribution < 1.29 is 19.1 Å². The fourth-order valence-electron chi connectivity index (χ4n) is 5.03. The van der Waals surface area contributed by atoms with E-state index >= 15 is 0 Å². The van der Waals surface area contributed by atoms with Gasteiger partial charge in [-0.15, -0.1) is 0 Å². The van der Waals surface area contributed by atoms with Gasteiger partial charge in [0.25, 0.3) is 5.91 Å². The summed E-state index contributed by atoms with van der Waals surface area (Å²) in [6, 6.07) is 21.1. The van der Waals surface area contributed by atoms with Gasteiger partial charge in [0, 0.05) is 18.7 Å². The summed E-state index contributed by atoms with van der Waals surface area (Å²) in [5, 5.41) is 5.94. The minimum atomic E-state index is -0.947. The van der Waals surface area contributed by atoms with E-state index in [9.17, 15) is 14.4 Å². The van der Waals surface area contributed by atoms with Crippen molar-refractivity contribution in [3.63, 3.8) is 0 Å². The number of hydrogen-bond donors (Lipinski definition) is 2. The van der Waals surface area contributed by atoms with E-state index in [1.807, 2.05) is 93.6 Å². The van der Waals surface area contributed by atoms with Crippen LogP contribution in [0.2, 0.25) is 0 Å². The second kappa shape index (κ2) is 15.4. The van der Waals surface area contributed by atoms with E-state index < -0.39 is 23.8 Å². The van der Waals surface area contributed by atoms with E-state index in [0.717, 1.165) is 40.7 Å². The molecule has 3 amide bonds. The monoisotopic (exact) mass is 585 g/mol. The smallest absolute Gasteiger partial charge is 0.408 e. The molecular formula is C36H47N3O4. The van der Waals surface area contributed by atoms with Gasteiger partial charge in [-0.25, -0.2) is 4.79 Å². The average Bonchev–Trinajstić information content (AvgIpc) is 2.94. The normalized spacial score (nSPS) is 12.6. The summed E-state index contributed by atoms with van der Waals surface area (Å²) < 4.78 is 5.55. The minimum Gasteiger partial charge on any atom is -0.444 e. The van der Waals surface area contributed by atoms with Gasteiger partial charge >= 0.3 is 6.09 Å². The fraction of sp³-hybridized carbons (Fsp3) is 0.417. The summed E-state index contributed by atoms with van der Waals surface area (Å²) in [6.45, 7) is 13.7. The number of alkyl carbamates (subject to hydrolysis) is 1. The zero-order chi connectivity index (χ0) is 31.6. The number of rotatable bonds is 12. The van der Waals surface area contributed by atoms with Crippen LogP contribution >= 0.6 is 0 Å². The van der Waals surface area contributed by atoms with Crippen LogP contribution in [-0.4, -0.2) is 41.0 Å². The maximum atomic E-state index is 14.7. The highest BCUT2D eigenvalue weighted by Crippen LogP contribution is 2.30. The Bertz CT molecular complexity index is 1380. The van der Waals surface area contributed by atoms with Gasteiger partial charge in [-0.3, -0.25) is 9.59 Å². The maximum absolute atomic E-state index is 14.7. The lowest BCUT2D eigenvalue weighted by atomic mass is 9.94.